The summed E-state index contributed by atoms with van der Waals surface area (Å²) in [6.07, 6.45) is -0.999. The zero-order chi connectivity index (χ0) is 21.9. The van der Waals surface area contributed by atoms with Crippen molar-refractivity contribution in [2.45, 2.75) is 51.7 Å². The highest BCUT2D eigenvalue weighted by molar-refractivity contribution is 7.89. The summed E-state index contributed by atoms with van der Waals surface area (Å²) >= 11 is 0. The lowest BCUT2D eigenvalue weighted by atomic mass is 9.99. The quantitative estimate of drug-likeness (QED) is 0.506. The van der Waals surface area contributed by atoms with Gasteiger partial charge in [0.25, 0.3) is 0 Å². The number of hydrogen-bond donors (Lipinski definition) is 0. The molecule has 1 atom stereocenters. The Labute approximate surface area is 172 Å². The van der Waals surface area contributed by atoms with Crippen molar-refractivity contribution in [1.82, 2.24) is 4.31 Å². The summed E-state index contributed by atoms with van der Waals surface area (Å²) in [5.41, 5.74) is 2.31. The van der Waals surface area contributed by atoms with Gasteiger partial charge in [-0.1, -0.05) is 23.8 Å². The summed E-state index contributed by atoms with van der Waals surface area (Å²) in [6.45, 7) is 8.73. The van der Waals surface area contributed by atoms with Crippen LogP contribution in [0, 0.1) is 13.8 Å². The summed E-state index contributed by atoms with van der Waals surface area (Å²) in [7, 11) is -2.25. The van der Waals surface area contributed by atoms with Crippen molar-refractivity contribution in [1.29, 1.82) is 0 Å². The molecule has 0 heterocycles. The summed E-state index contributed by atoms with van der Waals surface area (Å²) in [5.74, 6) is -1.05. The first-order valence-electron chi connectivity index (χ1n) is 9.35. The zero-order valence-corrected chi connectivity index (χ0v) is 18.4. The highest BCUT2D eigenvalue weighted by Gasteiger charge is 2.26. The lowest BCUT2D eigenvalue weighted by Gasteiger charge is -2.21. The molecule has 0 saturated heterocycles. The molecule has 0 unspecified atom stereocenters. The molecular weight excluding hydrogens is 390 g/mol. The van der Waals surface area contributed by atoms with Crippen LogP contribution in [0.25, 0.3) is 0 Å². The Kier molecular flexibility index (Phi) is 6.97. The van der Waals surface area contributed by atoms with E-state index in [4.69, 9.17) is 4.74 Å². The first-order chi connectivity index (χ1) is 13.4. The van der Waals surface area contributed by atoms with E-state index in [1.165, 1.54) is 42.5 Å². The second-order valence-corrected chi connectivity index (χ2v) is 9.37. The molecule has 0 N–H and O–H groups in total. The van der Waals surface area contributed by atoms with E-state index in [1.807, 2.05) is 26.0 Å². The van der Waals surface area contributed by atoms with Crippen molar-refractivity contribution in [3.63, 3.8) is 0 Å². The fourth-order valence-corrected chi connectivity index (χ4v) is 4.14. The van der Waals surface area contributed by atoms with Crippen LogP contribution in [0.1, 0.15) is 52.6 Å². The lowest BCUT2D eigenvalue weighted by Crippen LogP contribution is -2.33. The molecule has 7 heteroatoms. The first kappa shape index (κ1) is 22.8. The fourth-order valence-electron chi connectivity index (χ4n) is 2.73. The van der Waals surface area contributed by atoms with Crippen LogP contribution in [0.15, 0.2) is 47.4 Å². The van der Waals surface area contributed by atoms with Gasteiger partial charge in [0.2, 0.25) is 15.8 Å². The molecule has 0 aliphatic rings. The molecule has 0 amide bonds. The average Bonchev–Trinajstić information content (AvgIpc) is 2.68. The van der Waals surface area contributed by atoms with Gasteiger partial charge in [-0.3, -0.25) is 4.79 Å². The van der Waals surface area contributed by atoms with Crippen LogP contribution in [0.2, 0.25) is 0 Å². The minimum absolute atomic E-state index is 0.00309. The number of carbonyl (C=O) groups excluding carboxylic acids is 2. The highest BCUT2D eigenvalue weighted by atomic mass is 32.2. The zero-order valence-electron chi connectivity index (χ0n) is 17.6. The number of hydrogen-bond acceptors (Lipinski definition) is 5. The van der Waals surface area contributed by atoms with Gasteiger partial charge in [0.1, 0.15) is 0 Å². The number of sulfonamides is 1. The molecular formula is C22H27NO5S. The molecule has 0 fully saturated rings. The van der Waals surface area contributed by atoms with E-state index in [0.717, 1.165) is 11.1 Å². The molecule has 0 spiro atoms. The maximum atomic E-state index is 12.7. The van der Waals surface area contributed by atoms with Crippen molar-refractivity contribution in [3.8, 4) is 0 Å². The third-order valence-corrected chi connectivity index (χ3v) is 6.82. The van der Waals surface area contributed by atoms with E-state index in [1.54, 1.807) is 19.9 Å². The first-order valence-corrected chi connectivity index (χ1v) is 10.8. The van der Waals surface area contributed by atoms with Crippen molar-refractivity contribution in [2.24, 2.45) is 0 Å². The van der Waals surface area contributed by atoms with Crippen LogP contribution in [-0.2, 0) is 14.8 Å². The van der Waals surface area contributed by atoms with Gasteiger partial charge in [-0.25, -0.2) is 13.2 Å². The van der Waals surface area contributed by atoms with Gasteiger partial charge < -0.3 is 4.74 Å². The standard InChI is InChI=1S/C22H27NO5S/c1-14(2)23(6)29(26,27)19-9-7-8-18(13-19)22(25)28-17(5)21(24)20-12-15(3)10-11-16(20)4/h7-14,17H,1-6H3/t17-/m1/s1. The number of aryl methyl sites for hydroxylation is 2. The number of esters is 1. The number of ether oxygens (including phenoxy) is 1. The van der Waals surface area contributed by atoms with Gasteiger partial charge in [0.05, 0.1) is 10.5 Å². The number of rotatable bonds is 7. The van der Waals surface area contributed by atoms with Crippen molar-refractivity contribution >= 4 is 21.8 Å². The predicted octanol–water partition coefficient (Wildman–Crippen LogP) is 3.76. The van der Waals surface area contributed by atoms with E-state index in [2.05, 4.69) is 0 Å². The van der Waals surface area contributed by atoms with Crippen molar-refractivity contribution in [3.05, 3.63) is 64.7 Å². The third-order valence-electron chi connectivity index (χ3n) is 4.79. The molecule has 29 heavy (non-hydrogen) atoms. The summed E-state index contributed by atoms with van der Waals surface area (Å²) in [4.78, 5) is 25.2. The number of Topliss-reactive ketones (excluding diaryl/α,β-unsaturated/α-hetero) is 1. The van der Waals surface area contributed by atoms with Crippen molar-refractivity contribution < 1.29 is 22.7 Å². The van der Waals surface area contributed by atoms with Crippen LogP contribution in [0.5, 0.6) is 0 Å². The Morgan fingerprint density at radius 3 is 2.28 bits per heavy atom. The normalized spacial score (nSPS) is 12.8. The minimum atomic E-state index is -3.73. The topological polar surface area (TPSA) is 80.8 Å². The number of nitrogens with zero attached hydrogens (tertiary/aromatic N) is 1. The third kappa shape index (κ3) is 5.10. The molecule has 0 radical (unpaired) electrons. The number of benzene rings is 2. The van der Waals surface area contributed by atoms with E-state index in [-0.39, 0.29) is 22.3 Å². The van der Waals surface area contributed by atoms with Gasteiger partial charge in [-0.2, -0.15) is 4.31 Å². The summed E-state index contributed by atoms with van der Waals surface area (Å²) < 4.78 is 31.9. The highest BCUT2D eigenvalue weighted by Crippen LogP contribution is 2.20. The molecule has 0 saturated carbocycles. The number of carbonyl (C=O) groups is 2. The largest absolute Gasteiger partial charge is 0.451 e. The van der Waals surface area contributed by atoms with E-state index in [9.17, 15) is 18.0 Å². The predicted molar refractivity (Wildman–Crippen MR) is 112 cm³/mol. The second kappa shape index (κ2) is 8.88. The van der Waals surface area contributed by atoms with Crippen LogP contribution in [0.3, 0.4) is 0 Å². The molecule has 2 aromatic carbocycles. The lowest BCUT2D eigenvalue weighted by molar-refractivity contribution is 0.0318. The SMILES string of the molecule is Cc1ccc(C)c(C(=O)[C@@H](C)OC(=O)c2cccc(S(=O)(=O)N(C)C(C)C)c2)c1. The van der Waals surface area contributed by atoms with Gasteiger partial charge in [-0.15, -0.1) is 0 Å². The molecule has 156 valence electrons. The molecule has 0 aliphatic heterocycles. The molecule has 0 aliphatic carbocycles. The molecule has 0 bridgehead atoms. The average molecular weight is 418 g/mol. The van der Waals surface area contributed by atoms with Crippen LogP contribution < -0.4 is 0 Å². The summed E-state index contributed by atoms with van der Waals surface area (Å²) in [6, 6.07) is 10.9. The Morgan fingerprint density at radius 2 is 1.66 bits per heavy atom. The smallest absolute Gasteiger partial charge is 0.338 e. The molecule has 0 aromatic heterocycles. The maximum absolute atomic E-state index is 12.7. The van der Waals surface area contributed by atoms with E-state index in [0.29, 0.717) is 5.56 Å². The van der Waals surface area contributed by atoms with Crippen LogP contribution >= 0.6 is 0 Å². The second-order valence-electron chi connectivity index (χ2n) is 7.37. The summed E-state index contributed by atoms with van der Waals surface area (Å²) in [5, 5.41) is 0. The van der Waals surface area contributed by atoms with Crippen molar-refractivity contribution in [2.75, 3.05) is 7.05 Å². The Bertz CT molecular complexity index is 1030. The molecule has 2 aromatic rings. The Balaban J connectivity index is 2.23. The minimum Gasteiger partial charge on any atom is -0.451 e. The van der Waals surface area contributed by atoms with Gasteiger partial charge in [0, 0.05) is 18.7 Å². The van der Waals surface area contributed by atoms with Crippen LogP contribution in [-0.4, -0.2) is 43.7 Å². The fraction of sp³-hybridized carbons (Fsp3) is 0.364. The molecule has 2 rings (SSSR count). The van der Waals surface area contributed by atoms with E-state index >= 15 is 0 Å². The van der Waals surface area contributed by atoms with Gasteiger partial charge in [0.15, 0.2) is 6.10 Å². The van der Waals surface area contributed by atoms with Crippen LogP contribution in [0.4, 0.5) is 0 Å². The van der Waals surface area contributed by atoms with E-state index < -0.39 is 22.1 Å². The number of ketones is 1. The van der Waals surface area contributed by atoms with Gasteiger partial charge >= 0.3 is 5.97 Å². The molecule has 6 nitrogen and oxygen atoms in total. The Hall–Kier alpha value is -2.51. The Morgan fingerprint density at radius 1 is 1.00 bits per heavy atom. The maximum Gasteiger partial charge on any atom is 0.338 e. The monoisotopic (exact) mass is 417 g/mol. The van der Waals surface area contributed by atoms with Gasteiger partial charge in [-0.05, 0) is 64.4 Å².